The van der Waals surface area contributed by atoms with Crippen LogP contribution in [0.4, 0.5) is 9.18 Å². The first-order valence-electron chi connectivity index (χ1n) is 11.8. The molecule has 0 N–H and O–H groups in total. The highest BCUT2D eigenvalue weighted by Gasteiger charge is 2.51. The Morgan fingerprint density at radius 1 is 1.03 bits per heavy atom. The highest BCUT2D eigenvalue weighted by molar-refractivity contribution is 9.10. The van der Waals surface area contributed by atoms with E-state index in [2.05, 4.69) is 28.1 Å². The van der Waals surface area contributed by atoms with Gasteiger partial charge < -0.3 is 14.4 Å². The number of halogens is 2. The van der Waals surface area contributed by atoms with Crippen molar-refractivity contribution < 1.29 is 18.7 Å². The maximum atomic E-state index is 13.9. The van der Waals surface area contributed by atoms with Gasteiger partial charge in [0.1, 0.15) is 11.4 Å². The van der Waals surface area contributed by atoms with E-state index in [1.165, 1.54) is 12.1 Å². The highest BCUT2D eigenvalue weighted by atomic mass is 79.9. The number of hydrogen-bond acceptors (Lipinski definition) is 3. The predicted octanol–water partition coefficient (Wildman–Crippen LogP) is 7.08. The summed E-state index contributed by atoms with van der Waals surface area (Å²) in [6, 6.07) is 24.7. The van der Waals surface area contributed by atoms with Crippen molar-refractivity contribution in [2.45, 2.75) is 44.3 Å². The van der Waals surface area contributed by atoms with E-state index in [1.54, 1.807) is 4.90 Å². The summed E-state index contributed by atoms with van der Waals surface area (Å²) in [5.74, 6) is -0.361. The third kappa shape index (κ3) is 6.11. The highest BCUT2D eigenvalue weighted by Crippen LogP contribution is 2.46. The van der Waals surface area contributed by atoms with Gasteiger partial charge in [0.25, 0.3) is 0 Å². The third-order valence-corrected chi connectivity index (χ3v) is 6.89. The Bertz CT molecular complexity index is 1130. The summed E-state index contributed by atoms with van der Waals surface area (Å²) in [6.07, 6.45) is -0.355. The maximum absolute atomic E-state index is 13.9. The molecule has 2 unspecified atom stereocenters. The fourth-order valence-electron chi connectivity index (χ4n) is 4.72. The summed E-state index contributed by atoms with van der Waals surface area (Å²) in [5.41, 5.74) is 1.92. The first-order chi connectivity index (χ1) is 16.7. The summed E-state index contributed by atoms with van der Waals surface area (Å²) >= 11 is 3.52. The van der Waals surface area contributed by atoms with Gasteiger partial charge in [-0.15, -0.1) is 0 Å². The first-order valence-corrected chi connectivity index (χ1v) is 12.6. The summed E-state index contributed by atoms with van der Waals surface area (Å²) in [5, 5.41) is 0. The molecule has 35 heavy (non-hydrogen) atoms. The van der Waals surface area contributed by atoms with Crippen molar-refractivity contribution in [1.82, 2.24) is 4.90 Å². The standard InChI is InChI=1S/C29H31BrFNO3/c1-28(2,3)35-27(33)32-17-26(22-9-13-24(30)14-10-22)29(19-32,23-11-15-25(31)16-12-23)20-34-18-21-7-5-4-6-8-21/h4-16,26H,17-20H2,1-3H3. The SMILES string of the molecule is CC(C)(C)OC(=O)N1CC(c2ccc(Br)cc2)C(COCc2ccccc2)(c2ccc(F)cc2)C1. The normalized spacial score (nSPS) is 20.1. The molecule has 1 fully saturated rings. The number of carbonyl (C=O) groups excluding carboxylic acids is 1. The Balaban J connectivity index is 1.72. The van der Waals surface area contributed by atoms with E-state index in [4.69, 9.17) is 9.47 Å². The average molecular weight is 540 g/mol. The van der Waals surface area contributed by atoms with Gasteiger partial charge >= 0.3 is 6.09 Å². The molecule has 2 atom stereocenters. The lowest BCUT2D eigenvalue weighted by Gasteiger charge is -2.35. The van der Waals surface area contributed by atoms with Crippen LogP contribution in [-0.4, -0.2) is 36.3 Å². The van der Waals surface area contributed by atoms with E-state index in [-0.39, 0.29) is 17.8 Å². The van der Waals surface area contributed by atoms with Crippen molar-refractivity contribution in [3.05, 3.63) is 106 Å². The zero-order valence-electron chi connectivity index (χ0n) is 20.3. The van der Waals surface area contributed by atoms with Crippen molar-refractivity contribution in [3.8, 4) is 0 Å². The monoisotopic (exact) mass is 539 g/mol. The van der Waals surface area contributed by atoms with Crippen molar-refractivity contribution in [2.24, 2.45) is 0 Å². The van der Waals surface area contributed by atoms with Crippen LogP contribution in [0.25, 0.3) is 0 Å². The fourth-order valence-corrected chi connectivity index (χ4v) is 4.99. The topological polar surface area (TPSA) is 38.8 Å². The number of likely N-dealkylation sites (tertiary alicyclic amines) is 1. The number of nitrogens with zero attached hydrogens (tertiary/aromatic N) is 1. The Morgan fingerprint density at radius 2 is 1.69 bits per heavy atom. The minimum atomic E-state index is -0.602. The lowest BCUT2D eigenvalue weighted by atomic mass is 9.70. The van der Waals surface area contributed by atoms with Gasteiger partial charge in [-0.2, -0.15) is 0 Å². The van der Waals surface area contributed by atoms with Gasteiger partial charge in [-0.3, -0.25) is 0 Å². The maximum Gasteiger partial charge on any atom is 0.410 e. The molecule has 3 aromatic rings. The zero-order valence-corrected chi connectivity index (χ0v) is 21.9. The smallest absolute Gasteiger partial charge is 0.410 e. The quantitative estimate of drug-likeness (QED) is 0.336. The summed E-state index contributed by atoms with van der Waals surface area (Å²) < 4.78 is 26.9. The minimum Gasteiger partial charge on any atom is -0.444 e. The molecule has 0 radical (unpaired) electrons. The number of rotatable bonds is 6. The Hall–Kier alpha value is -2.70. The van der Waals surface area contributed by atoms with E-state index in [0.717, 1.165) is 21.2 Å². The number of benzene rings is 3. The molecule has 0 bridgehead atoms. The third-order valence-electron chi connectivity index (χ3n) is 6.36. The number of ether oxygens (including phenoxy) is 2. The molecule has 184 valence electrons. The van der Waals surface area contributed by atoms with Crippen molar-refractivity contribution in [3.63, 3.8) is 0 Å². The summed E-state index contributed by atoms with van der Waals surface area (Å²) in [4.78, 5) is 14.9. The molecule has 0 aromatic heterocycles. The Kier molecular flexibility index (Phi) is 7.62. The van der Waals surface area contributed by atoms with Crippen LogP contribution in [-0.2, 0) is 21.5 Å². The largest absolute Gasteiger partial charge is 0.444 e. The lowest BCUT2D eigenvalue weighted by molar-refractivity contribution is 0.0254. The van der Waals surface area contributed by atoms with Crippen molar-refractivity contribution in [2.75, 3.05) is 19.7 Å². The number of hydrogen-bond donors (Lipinski definition) is 0. The molecule has 1 aliphatic rings. The van der Waals surface area contributed by atoms with Crippen LogP contribution in [0.5, 0.6) is 0 Å². The van der Waals surface area contributed by atoms with E-state index < -0.39 is 11.0 Å². The van der Waals surface area contributed by atoms with Gasteiger partial charge in [0, 0.05) is 28.9 Å². The van der Waals surface area contributed by atoms with Crippen LogP contribution in [0.1, 0.15) is 43.4 Å². The second-order valence-electron chi connectivity index (χ2n) is 10.1. The Labute approximate surface area is 215 Å². The van der Waals surface area contributed by atoms with Gasteiger partial charge in [-0.1, -0.05) is 70.5 Å². The van der Waals surface area contributed by atoms with Gasteiger partial charge in [0.15, 0.2) is 0 Å². The molecule has 3 aromatic carbocycles. The van der Waals surface area contributed by atoms with Crippen molar-refractivity contribution in [1.29, 1.82) is 0 Å². The number of carbonyl (C=O) groups is 1. The average Bonchev–Trinajstić information content (AvgIpc) is 3.20. The van der Waals surface area contributed by atoms with E-state index in [0.29, 0.717) is 26.3 Å². The zero-order chi connectivity index (χ0) is 25.1. The van der Waals surface area contributed by atoms with Crippen LogP contribution in [0.3, 0.4) is 0 Å². The molecule has 0 aliphatic carbocycles. The molecule has 4 nitrogen and oxygen atoms in total. The fraction of sp³-hybridized carbons (Fsp3) is 0.345. The second-order valence-corrected chi connectivity index (χ2v) is 11.0. The number of amides is 1. The van der Waals surface area contributed by atoms with Crippen LogP contribution >= 0.6 is 15.9 Å². The van der Waals surface area contributed by atoms with Crippen LogP contribution in [0, 0.1) is 5.82 Å². The van der Waals surface area contributed by atoms with Crippen LogP contribution in [0.15, 0.2) is 83.3 Å². The predicted molar refractivity (Wildman–Crippen MR) is 139 cm³/mol. The van der Waals surface area contributed by atoms with Crippen LogP contribution in [0.2, 0.25) is 0 Å². The van der Waals surface area contributed by atoms with Crippen LogP contribution < -0.4 is 0 Å². The van der Waals surface area contributed by atoms with Gasteiger partial charge in [0.05, 0.1) is 13.2 Å². The molecule has 1 amide bonds. The molecular weight excluding hydrogens is 509 g/mol. The van der Waals surface area contributed by atoms with Gasteiger partial charge in [-0.05, 0) is 61.7 Å². The molecular formula is C29H31BrFNO3. The molecule has 1 aliphatic heterocycles. The molecule has 4 rings (SSSR count). The van der Waals surface area contributed by atoms with Gasteiger partial charge in [0.2, 0.25) is 0 Å². The molecule has 0 saturated carbocycles. The van der Waals surface area contributed by atoms with Gasteiger partial charge in [-0.25, -0.2) is 9.18 Å². The molecule has 6 heteroatoms. The van der Waals surface area contributed by atoms with Crippen molar-refractivity contribution >= 4 is 22.0 Å². The first kappa shape index (κ1) is 25.4. The lowest BCUT2D eigenvalue weighted by Crippen LogP contribution is -2.41. The Morgan fingerprint density at radius 3 is 2.31 bits per heavy atom. The summed E-state index contributed by atoms with van der Waals surface area (Å²) in [6.45, 7) is 7.29. The van der Waals surface area contributed by atoms with E-state index in [1.807, 2.05) is 75.4 Å². The summed E-state index contributed by atoms with van der Waals surface area (Å²) in [7, 11) is 0. The molecule has 1 heterocycles. The molecule has 0 spiro atoms. The van der Waals surface area contributed by atoms with E-state index >= 15 is 0 Å². The second kappa shape index (κ2) is 10.5. The minimum absolute atomic E-state index is 0.0654. The molecule has 1 saturated heterocycles. The van der Waals surface area contributed by atoms with E-state index in [9.17, 15) is 9.18 Å².